The number of aliphatic carboxylic acids is 1. The number of halogens is 1. The number of carboxylic acid groups (broad SMARTS) is 1. The van der Waals surface area contributed by atoms with Crippen molar-refractivity contribution in [1.29, 1.82) is 0 Å². The van der Waals surface area contributed by atoms with Gasteiger partial charge >= 0.3 is 12.0 Å². The van der Waals surface area contributed by atoms with Gasteiger partial charge in [0.15, 0.2) is 6.17 Å². The van der Waals surface area contributed by atoms with Gasteiger partial charge in [0.1, 0.15) is 5.82 Å². The molecule has 0 aliphatic carbocycles. The molecule has 1 aliphatic heterocycles. The van der Waals surface area contributed by atoms with Gasteiger partial charge in [-0.1, -0.05) is 25.1 Å². The van der Waals surface area contributed by atoms with Crippen molar-refractivity contribution in [2.45, 2.75) is 32.0 Å². The number of nitrogens with one attached hydrogen (secondary N) is 2. The summed E-state index contributed by atoms with van der Waals surface area (Å²) in [6.07, 6.45) is -2.12. The summed E-state index contributed by atoms with van der Waals surface area (Å²) in [5, 5.41) is 25.4. The summed E-state index contributed by atoms with van der Waals surface area (Å²) in [6, 6.07) is 7.81. The maximum absolute atomic E-state index is 13.6. The first kappa shape index (κ1) is 28.5. The molecule has 204 valence electrons. The molecule has 0 radical (unpaired) electrons. The number of urea groups is 1. The molecule has 1 fully saturated rings. The van der Waals surface area contributed by atoms with Gasteiger partial charge in [-0.05, 0) is 30.2 Å². The highest BCUT2D eigenvalue weighted by atomic mass is 32.2. The second kappa shape index (κ2) is 12.0. The van der Waals surface area contributed by atoms with Crippen LogP contribution in [-0.4, -0.2) is 70.6 Å². The molecule has 1 heterocycles. The van der Waals surface area contributed by atoms with Crippen molar-refractivity contribution < 1.29 is 37.2 Å². The largest absolute Gasteiger partial charge is 0.481 e. The lowest BCUT2D eigenvalue weighted by molar-refractivity contribution is -0.384. The fraction of sp³-hybridized carbons (Fsp3) is 0.348. The first-order chi connectivity index (χ1) is 17.9. The molecule has 3 amide bonds. The van der Waals surface area contributed by atoms with Crippen LogP contribution < -0.4 is 10.6 Å². The predicted octanol–water partition coefficient (Wildman–Crippen LogP) is 2.28. The first-order valence-corrected chi connectivity index (χ1v) is 13.1. The van der Waals surface area contributed by atoms with Crippen molar-refractivity contribution in [3.63, 3.8) is 0 Å². The van der Waals surface area contributed by atoms with Crippen molar-refractivity contribution in [3.05, 3.63) is 70.0 Å². The Morgan fingerprint density at radius 3 is 2.53 bits per heavy atom. The van der Waals surface area contributed by atoms with Crippen LogP contribution in [0.25, 0.3) is 0 Å². The van der Waals surface area contributed by atoms with Crippen LogP contribution in [-0.2, 0) is 19.6 Å². The number of non-ortho nitro benzene ring substituents is 1. The normalized spacial score (nSPS) is 16.6. The Morgan fingerprint density at radius 2 is 1.89 bits per heavy atom. The number of nitrogens with zero attached hydrogens (tertiary/aromatic N) is 3. The summed E-state index contributed by atoms with van der Waals surface area (Å²) < 4.78 is 40.3. The lowest BCUT2D eigenvalue weighted by atomic mass is 10.0. The zero-order valence-electron chi connectivity index (χ0n) is 20.2. The van der Waals surface area contributed by atoms with E-state index in [1.165, 1.54) is 30.3 Å². The lowest BCUT2D eigenvalue weighted by Gasteiger charge is -2.30. The van der Waals surface area contributed by atoms with E-state index in [0.29, 0.717) is 0 Å². The highest BCUT2D eigenvalue weighted by Crippen LogP contribution is 2.26. The maximum atomic E-state index is 13.6. The highest BCUT2D eigenvalue weighted by molar-refractivity contribution is 7.89. The van der Waals surface area contributed by atoms with E-state index in [4.69, 9.17) is 0 Å². The van der Waals surface area contributed by atoms with Crippen LogP contribution in [0.1, 0.15) is 31.4 Å². The van der Waals surface area contributed by atoms with Gasteiger partial charge < -0.3 is 15.7 Å². The molecule has 0 saturated carbocycles. The zero-order chi connectivity index (χ0) is 28.0. The van der Waals surface area contributed by atoms with Gasteiger partial charge in [0.05, 0.1) is 23.1 Å². The van der Waals surface area contributed by atoms with Gasteiger partial charge in [0.25, 0.3) is 11.6 Å². The van der Waals surface area contributed by atoms with Crippen molar-refractivity contribution >= 4 is 39.3 Å². The SMILES string of the molecule is CCCS(=O)(=O)N1CCN(C(=O)Nc2cccc(F)c2)C1C(=O)NC(CC(=O)O)c1cccc([N+](=O)[O-])c1. The summed E-state index contributed by atoms with van der Waals surface area (Å²) in [7, 11) is -4.01. The summed E-state index contributed by atoms with van der Waals surface area (Å²) in [6.45, 7) is 1.24. The van der Waals surface area contributed by atoms with Crippen molar-refractivity contribution in [2.24, 2.45) is 0 Å². The summed E-state index contributed by atoms with van der Waals surface area (Å²) >= 11 is 0. The number of amides is 3. The van der Waals surface area contributed by atoms with Gasteiger partial charge in [0, 0.05) is 30.9 Å². The molecule has 38 heavy (non-hydrogen) atoms. The Kier molecular flexibility index (Phi) is 8.96. The molecule has 15 heteroatoms. The molecule has 2 unspecified atom stereocenters. The van der Waals surface area contributed by atoms with E-state index < -0.39 is 57.3 Å². The van der Waals surface area contributed by atoms with Gasteiger partial charge in [-0.25, -0.2) is 17.6 Å². The second-order valence-corrected chi connectivity index (χ2v) is 10.5. The third kappa shape index (κ3) is 6.80. The third-order valence-corrected chi connectivity index (χ3v) is 7.72. The molecule has 0 bridgehead atoms. The van der Waals surface area contributed by atoms with E-state index in [-0.39, 0.29) is 42.2 Å². The van der Waals surface area contributed by atoms with E-state index >= 15 is 0 Å². The topological polar surface area (TPSA) is 179 Å². The van der Waals surface area contributed by atoms with Crippen LogP contribution in [0, 0.1) is 15.9 Å². The van der Waals surface area contributed by atoms with Crippen molar-refractivity contribution in [2.75, 3.05) is 24.2 Å². The van der Waals surface area contributed by atoms with E-state index in [1.54, 1.807) is 6.92 Å². The van der Waals surface area contributed by atoms with Crippen LogP contribution in [0.5, 0.6) is 0 Å². The van der Waals surface area contributed by atoms with Crippen molar-refractivity contribution in [3.8, 4) is 0 Å². The van der Waals surface area contributed by atoms with Crippen LogP contribution in [0.4, 0.5) is 20.6 Å². The quantitative estimate of drug-likeness (QED) is 0.297. The van der Waals surface area contributed by atoms with Crippen LogP contribution >= 0.6 is 0 Å². The molecule has 1 aliphatic rings. The number of nitro groups is 1. The van der Waals surface area contributed by atoms with Crippen LogP contribution in [0.3, 0.4) is 0 Å². The van der Waals surface area contributed by atoms with E-state index in [9.17, 15) is 42.4 Å². The maximum Gasteiger partial charge on any atom is 0.323 e. The predicted molar refractivity (Wildman–Crippen MR) is 133 cm³/mol. The van der Waals surface area contributed by atoms with Crippen LogP contribution in [0.2, 0.25) is 0 Å². The molecule has 2 aromatic carbocycles. The number of hydrogen-bond acceptors (Lipinski definition) is 7. The Morgan fingerprint density at radius 1 is 1.18 bits per heavy atom. The molecule has 0 spiro atoms. The second-order valence-electron chi connectivity index (χ2n) is 8.45. The van der Waals surface area contributed by atoms with Gasteiger partial charge in [-0.15, -0.1) is 0 Å². The van der Waals surface area contributed by atoms with E-state index in [0.717, 1.165) is 27.4 Å². The summed E-state index contributed by atoms with van der Waals surface area (Å²) in [5.74, 6) is -3.27. The Bertz CT molecular complexity index is 1340. The smallest absolute Gasteiger partial charge is 0.323 e. The van der Waals surface area contributed by atoms with E-state index in [1.807, 2.05) is 0 Å². The van der Waals surface area contributed by atoms with Gasteiger partial charge in [-0.3, -0.25) is 24.6 Å². The number of carbonyl (C=O) groups is 3. The standard InChI is InChI=1S/C23H26FN5O8S/c1-2-11-38(36,37)28-10-9-27(23(33)25-17-7-4-6-16(24)13-17)22(28)21(32)26-19(14-20(30)31)15-5-3-8-18(12-15)29(34)35/h3-8,12-13,19,22H,2,9-11,14H2,1H3,(H,25,33)(H,26,32)(H,30,31). The first-order valence-electron chi connectivity index (χ1n) is 11.5. The number of anilines is 1. The molecule has 3 N–H and O–H groups in total. The van der Waals surface area contributed by atoms with Gasteiger partial charge in [-0.2, -0.15) is 4.31 Å². The highest BCUT2D eigenvalue weighted by Gasteiger charge is 2.46. The minimum Gasteiger partial charge on any atom is -0.481 e. The Balaban J connectivity index is 1.95. The molecular weight excluding hydrogens is 525 g/mol. The molecule has 13 nitrogen and oxygen atoms in total. The average molecular weight is 552 g/mol. The minimum atomic E-state index is -4.01. The number of rotatable bonds is 10. The number of nitro benzene ring substituents is 1. The van der Waals surface area contributed by atoms with Gasteiger partial charge in [0.2, 0.25) is 10.0 Å². The van der Waals surface area contributed by atoms with E-state index in [2.05, 4.69) is 10.6 Å². The molecule has 0 aromatic heterocycles. The fourth-order valence-corrected chi connectivity index (χ4v) is 5.67. The molecule has 2 aromatic rings. The average Bonchev–Trinajstić information content (AvgIpc) is 3.30. The summed E-state index contributed by atoms with van der Waals surface area (Å²) in [4.78, 5) is 49.5. The number of carbonyl (C=O) groups excluding carboxylic acids is 2. The molecule has 1 saturated heterocycles. The number of sulfonamides is 1. The Labute approximate surface area is 217 Å². The molecule has 2 atom stereocenters. The fourth-order valence-electron chi connectivity index (χ4n) is 4.05. The lowest BCUT2D eigenvalue weighted by Crippen LogP contribution is -2.55. The number of carboxylic acids is 1. The third-order valence-electron chi connectivity index (χ3n) is 5.70. The van der Waals surface area contributed by atoms with Crippen molar-refractivity contribution in [1.82, 2.24) is 14.5 Å². The minimum absolute atomic E-state index is 0.0735. The summed E-state index contributed by atoms with van der Waals surface area (Å²) in [5.41, 5.74) is -0.160. The molecule has 3 rings (SSSR count). The van der Waals surface area contributed by atoms with Crippen LogP contribution in [0.15, 0.2) is 48.5 Å². The number of hydrogen-bond donors (Lipinski definition) is 3. The number of benzene rings is 2. The molecular formula is C23H26FN5O8S. The monoisotopic (exact) mass is 551 g/mol. The zero-order valence-corrected chi connectivity index (χ0v) is 21.1. The Hall–Kier alpha value is -4.11.